The Kier molecular flexibility index (Phi) is 6.98. The van der Waals surface area contributed by atoms with E-state index in [-0.39, 0.29) is 5.82 Å². The molecule has 1 atom stereocenters. The van der Waals surface area contributed by atoms with Gasteiger partial charge in [0.25, 0.3) is 0 Å². The van der Waals surface area contributed by atoms with E-state index in [1.807, 2.05) is 6.92 Å². The van der Waals surface area contributed by atoms with Gasteiger partial charge in [0, 0.05) is 31.1 Å². The normalized spacial score (nSPS) is 13.1. The Balaban J connectivity index is 1.94. The third-order valence-corrected chi connectivity index (χ3v) is 3.99. The summed E-state index contributed by atoms with van der Waals surface area (Å²) >= 11 is 0. The molecule has 2 aromatic rings. The maximum Gasteiger partial charge on any atom is 0.226 e. The molecule has 25 heavy (non-hydrogen) atoms. The van der Waals surface area contributed by atoms with Gasteiger partial charge in [0.05, 0.1) is 5.69 Å². The molecule has 0 radical (unpaired) electrons. The lowest BCUT2D eigenvalue weighted by Crippen LogP contribution is -2.44. The Labute approximate surface area is 148 Å². The summed E-state index contributed by atoms with van der Waals surface area (Å²) < 4.78 is 18.5. The fourth-order valence-electron chi connectivity index (χ4n) is 2.13. The molecule has 1 aromatic carbocycles. The molecule has 1 unspecified atom stereocenters. The molecule has 0 saturated heterocycles. The van der Waals surface area contributed by atoms with Crippen LogP contribution in [0.4, 0.5) is 4.39 Å². The van der Waals surface area contributed by atoms with Crippen molar-refractivity contribution in [2.24, 2.45) is 10.9 Å². The van der Waals surface area contributed by atoms with Gasteiger partial charge in [-0.05, 0) is 44.0 Å². The van der Waals surface area contributed by atoms with Gasteiger partial charge in [0.1, 0.15) is 12.1 Å². The van der Waals surface area contributed by atoms with Crippen molar-refractivity contribution in [2.75, 3.05) is 13.1 Å². The molecule has 0 saturated carbocycles. The molecule has 1 aromatic heterocycles. The average molecular weight is 346 g/mol. The van der Waals surface area contributed by atoms with Crippen molar-refractivity contribution in [1.29, 1.82) is 0 Å². The molecule has 6 heteroatoms. The molecule has 0 aliphatic rings. The van der Waals surface area contributed by atoms with Crippen LogP contribution in [0.2, 0.25) is 0 Å². The first-order valence-corrected chi connectivity index (χ1v) is 8.74. The van der Waals surface area contributed by atoms with Crippen LogP contribution in [0, 0.1) is 11.7 Å². The van der Waals surface area contributed by atoms with E-state index in [1.54, 1.807) is 18.4 Å². The molecule has 1 heterocycles. The maximum absolute atomic E-state index is 13.0. The number of guanidine groups is 1. The van der Waals surface area contributed by atoms with E-state index in [2.05, 4.69) is 41.4 Å². The summed E-state index contributed by atoms with van der Waals surface area (Å²) in [4.78, 5) is 9.03. The molecule has 0 bridgehead atoms. The van der Waals surface area contributed by atoms with Crippen LogP contribution in [-0.2, 0) is 6.42 Å². The molecule has 0 fully saturated rings. The lowest BCUT2D eigenvalue weighted by molar-refractivity contribution is 0.481. The number of oxazole rings is 1. The molecule has 2 rings (SSSR count). The van der Waals surface area contributed by atoms with Gasteiger partial charge in [-0.1, -0.05) is 13.8 Å². The van der Waals surface area contributed by atoms with E-state index < -0.39 is 0 Å². The van der Waals surface area contributed by atoms with Crippen molar-refractivity contribution in [3.8, 4) is 11.5 Å². The third kappa shape index (κ3) is 5.89. The summed E-state index contributed by atoms with van der Waals surface area (Å²) in [5.74, 6) is 1.56. The van der Waals surface area contributed by atoms with E-state index in [1.165, 1.54) is 12.1 Å². The largest absolute Gasteiger partial charge is 0.444 e. The quantitative estimate of drug-likeness (QED) is 0.594. The molecular weight excluding hydrogens is 319 g/mol. The standard InChI is InChI=1S/C19H27FN4O/c1-5-21-19(23-14(4)13(2)3)22-11-10-17-12-25-18(24-17)15-6-8-16(20)9-7-15/h6-9,12-14H,5,10-11H2,1-4H3,(H2,21,22,23). The number of hydrogen-bond acceptors (Lipinski definition) is 3. The molecule has 2 N–H and O–H groups in total. The second kappa shape index (κ2) is 9.20. The van der Waals surface area contributed by atoms with Gasteiger partial charge in [-0.3, -0.25) is 4.99 Å². The van der Waals surface area contributed by atoms with Crippen molar-refractivity contribution >= 4 is 5.96 Å². The van der Waals surface area contributed by atoms with Crippen LogP contribution in [0.1, 0.15) is 33.4 Å². The minimum Gasteiger partial charge on any atom is -0.444 e. The molecule has 0 amide bonds. The minimum absolute atomic E-state index is 0.274. The summed E-state index contributed by atoms with van der Waals surface area (Å²) in [5.41, 5.74) is 1.59. The highest BCUT2D eigenvalue weighted by atomic mass is 19.1. The summed E-state index contributed by atoms with van der Waals surface area (Å²) in [6, 6.07) is 6.45. The van der Waals surface area contributed by atoms with Crippen LogP contribution in [0.15, 0.2) is 39.9 Å². The van der Waals surface area contributed by atoms with E-state index in [4.69, 9.17) is 4.42 Å². The third-order valence-electron chi connectivity index (χ3n) is 3.99. The average Bonchev–Trinajstić information content (AvgIpc) is 3.04. The van der Waals surface area contributed by atoms with E-state index >= 15 is 0 Å². The Hall–Kier alpha value is -2.37. The molecular formula is C19H27FN4O. The zero-order valence-corrected chi connectivity index (χ0v) is 15.3. The van der Waals surface area contributed by atoms with Gasteiger partial charge in [-0.25, -0.2) is 9.37 Å². The number of benzene rings is 1. The smallest absolute Gasteiger partial charge is 0.226 e. The summed E-state index contributed by atoms with van der Waals surface area (Å²) in [7, 11) is 0. The maximum atomic E-state index is 13.0. The monoisotopic (exact) mass is 346 g/mol. The predicted octanol–water partition coefficient (Wildman–Crippen LogP) is 3.62. The summed E-state index contributed by atoms with van der Waals surface area (Å²) in [5, 5.41) is 6.65. The first-order valence-electron chi connectivity index (χ1n) is 8.74. The van der Waals surface area contributed by atoms with Crippen molar-refractivity contribution < 1.29 is 8.81 Å². The van der Waals surface area contributed by atoms with Crippen LogP contribution in [-0.4, -0.2) is 30.1 Å². The fourth-order valence-corrected chi connectivity index (χ4v) is 2.13. The molecule has 136 valence electrons. The first kappa shape index (κ1) is 19.0. The highest BCUT2D eigenvalue weighted by molar-refractivity contribution is 5.80. The van der Waals surface area contributed by atoms with Gasteiger partial charge >= 0.3 is 0 Å². The Morgan fingerprint density at radius 2 is 1.96 bits per heavy atom. The van der Waals surface area contributed by atoms with Crippen molar-refractivity contribution in [3.05, 3.63) is 42.0 Å². The zero-order valence-electron chi connectivity index (χ0n) is 15.3. The van der Waals surface area contributed by atoms with Crippen LogP contribution in [0.25, 0.3) is 11.5 Å². The fraction of sp³-hybridized carbons (Fsp3) is 0.474. The zero-order chi connectivity index (χ0) is 18.2. The molecule has 0 spiro atoms. The molecule has 5 nitrogen and oxygen atoms in total. The highest BCUT2D eigenvalue weighted by Crippen LogP contribution is 2.19. The Morgan fingerprint density at radius 1 is 1.24 bits per heavy atom. The number of aromatic nitrogens is 1. The predicted molar refractivity (Wildman–Crippen MR) is 99.0 cm³/mol. The van der Waals surface area contributed by atoms with Crippen molar-refractivity contribution in [1.82, 2.24) is 15.6 Å². The van der Waals surface area contributed by atoms with Crippen LogP contribution in [0.5, 0.6) is 0 Å². The topological polar surface area (TPSA) is 62.5 Å². The number of halogens is 1. The van der Waals surface area contributed by atoms with E-state index in [0.29, 0.717) is 30.8 Å². The summed E-state index contributed by atoms with van der Waals surface area (Å²) in [6.07, 6.45) is 2.31. The van der Waals surface area contributed by atoms with Gasteiger partial charge in [0.15, 0.2) is 5.96 Å². The number of hydrogen-bond donors (Lipinski definition) is 2. The van der Waals surface area contributed by atoms with Gasteiger partial charge in [0.2, 0.25) is 5.89 Å². The first-order chi connectivity index (χ1) is 12.0. The SMILES string of the molecule is CCNC(=NCCc1coc(-c2ccc(F)cc2)n1)NC(C)C(C)C. The van der Waals surface area contributed by atoms with Crippen molar-refractivity contribution in [3.63, 3.8) is 0 Å². The lowest BCUT2D eigenvalue weighted by Gasteiger charge is -2.20. The van der Waals surface area contributed by atoms with Crippen LogP contribution in [0.3, 0.4) is 0 Å². The second-order valence-corrected chi connectivity index (χ2v) is 6.34. The van der Waals surface area contributed by atoms with E-state index in [9.17, 15) is 4.39 Å². The van der Waals surface area contributed by atoms with Gasteiger partial charge < -0.3 is 15.1 Å². The highest BCUT2D eigenvalue weighted by Gasteiger charge is 2.09. The number of nitrogens with one attached hydrogen (secondary N) is 2. The number of rotatable bonds is 7. The summed E-state index contributed by atoms with van der Waals surface area (Å²) in [6.45, 7) is 9.96. The molecule has 0 aliphatic carbocycles. The van der Waals surface area contributed by atoms with Crippen LogP contribution < -0.4 is 10.6 Å². The van der Waals surface area contributed by atoms with Crippen molar-refractivity contribution in [2.45, 2.75) is 40.2 Å². The second-order valence-electron chi connectivity index (χ2n) is 6.34. The Morgan fingerprint density at radius 3 is 2.60 bits per heavy atom. The van der Waals surface area contributed by atoms with E-state index in [0.717, 1.165) is 23.8 Å². The minimum atomic E-state index is -0.274. The molecule has 0 aliphatic heterocycles. The lowest BCUT2D eigenvalue weighted by atomic mass is 10.1. The Bertz CT molecular complexity index is 679. The number of aliphatic imine (C=N–C) groups is 1. The number of nitrogens with zero attached hydrogens (tertiary/aromatic N) is 2. The van der Waals surface area contributed by atoms with Crippen LogP contribution >= 0.6 is 0 Å². The van der Waals surface area contributed by atoms with Gasteiger partial charge in [-0.2, -0.15) is 0 Å². The van der Waals surface area contributed by atoms with Gasteiger partial charge in [-0.15, -0.1) is 0 Å².